The first-order chi connectivity index (χ1) is 11.2. The minimum absolute atomic E-state index is 0.376. The summed E-state index contributed by atoms with van der Waals surface area (Å²) in [6, 6.07) is 10.4. The summed E-state index contributed by atoms with van der Waals surface area (Å²) in [6.45, 7) is 5.51. The Hall–Kier alpha value is -2.61. The second-order valence-corrected chi connectivity index (χ2v) is 5.89. The van der Waals surface area contributed by atoms with Gasteiger partial charge in [-0.3, -0.25) is 0 Å². The molecule has 1 atom stereocenters. The van der Waals surface area contributed by atoms with Gasteiger partial charge in [0.2, 0.25) is 0 Å². The summed E-state index contributed by atoms with van der Waals surface area (Å²) in [5.41, 5.74) is 3.58. The van der Waals surface area contributed by atoms with Crippen LogP contribution >= 0.6 is 0 Å². The first-order valence-corrected chi connectivity index (χ1v) is 7.77. The Kier molecular flexibility index (Phi) is 4.16. The lowest BCUT2D eigenvalue weighted by Gasteiger charge is -2.20. The fourth-order valence-corrected chi connectivity index (χ4v) is 3.16. The first-order valence-electron chi connectivity index (χ1n) is 7.77. The van der Waals surface area contributed by atoms with E-state index < -0.39 is 0 Å². The average Bonchev–Trinajstić information content (AvgIpc) is 3.06. The van der Waals surface area contributed by atoms with Gasteiger partial charge in [-0.2, -0.15) is 10.4 Å². The maximum atomic E-state index is 9.48. The predicted octanol–water partition coefficient (Wildman–Crippen LogP) is 2.97. The second-order valence-electron chi connectivity index (χ2n) is 5.89. The van der Waals surface area contributed by atoms with Crippen molar-refractivity contribution in [2.24, 2.45) is 0 Å². The number of hydrogen-bond donors (Lipinski definition) is 0. The topological polar surface area (TPSA) is 62.0 Å². The Balaban J connectivity index is 1.89. The number of methoxy groups -OCH3 is 1. The highest BCUT2D eigenvalue weighted by Gasteiger charge is 2.29. The molecule has 0 N–H and O–H groups in total. The van der Waals surface area contributed by atoms with Gasteiger partial charge in [0, 0.05) is 19.0 Å². The minimum atomic E-state index is 0.376. The van der Waals surface area contributed by atoms with Crippen molar-refractivity contribution < 1.29 is 4.74 Å². The van der Waals surface area contributed by atoms with E-state index in [0.717, 1.165) is 36.5 Å². The molecule has 0 amide bonds. The fraction of sp³-hybridized carbons (Fsp3) is 0.389. The molecule has 1 unspecified atom stereocenters. The molecule has 5 nitrogen and oxygen atoms in total. The summed E-state index contributed by atoms with van der Waals surface area (Å²) in [6.07, 6.45) is 1.01. The second kappa shape index (κ2) is 6.25. The number of rotatable bonds is 3. The van der Waals surface area contributed by atoms with Crippen LogP contribution in [-0.4, -0.2) is 30.4 Å². The lowest BCUT2D eigenvalue weighted by Crippen LogP contribution is -2.23. The van der Waals surface area contributed by atoms with Crippen LogP contribution in [0.2, 0.25) is 0 Å². The van der Waals surface area contributed by atoms with Gasteiger partial charge in [-0.1, -0.05) is 18.2 Å². The van der Waals surface area contributed by atoms with E-state index in [1.165, 1.54) is 5.56 Å². The number of nitriles is 1. The largest absolute Gasteiger partial charge is 0.496 e. The van der Waals surface area contributed by atoms with Gasteiger partial charge >= 0.3 is 0 Å². The maximum Gasteiger partial charge on any atom is 0.169 e. The molecule has 118 valence electrons. The minimum Gasteiger partial charge on any atom is -0.496 e. The van der Waals surface area contributed by atoms with Gasteiger partial charge in [0.25, 0.3) is 0 Å². The van der Waals surface area contributed by atoms with Crippen LogP contribution < -0.4 is 9.64 Å². The van der Waals surface area contributed by atoms with E-state index in [1.54, 1.807) is 7.11 Å². The summed E-state index contributed by atoms with van der Waals surface area (Å²) in [5, 5.41) is 18.0. The van der Waals surface area contributed by atoms with Crippen LogP contribution in [0.4, 0.5) is 5.82 Å². The van der Waals surface area contributed by atoms with Crippen molar-refractivity contribution in [1.82, 2.24) is 10.2 Å². The van der Waals surface area contributed by atoms with Crippen LogP contribution in [-0.2, 0) is 0 Å². The zero-order valence-corrected chi connectivity index (χ0v) is 13.7. The average molecular weight is 308 g/mol. The quantitative estimate of drug-likeness (QED) is 0.872. The van der Waals surface area contributed by atoms with Crippen molar-refractivity contribution in [3.63, 3.8) is 0 Å². The van der Waals surface area contributed by atoms with Crippen LogP contribution in [0, 0.1) is 25.2 Å². The van der Waals surface area contributed by atoms with Crippen molar-refractivity contribution in [2.75, 3.05) is 25.1 Å². The number of aryl methyl sites for hydroxylation is 1. The Morgan fingerprint density at radius 1 is 1.26 bits per heavy atom. The molecule has 2 heterocycles. The van der Waals surface area contributed by atoms with Crippen molar-refractivity contribution >= 4 is 5.82 Å². The van der Waals surface area contributed by atoms with Gasteiger partial charge in [0.05, 0.1) is 12.8 Å². The van der Waals surface area contributed by atoms with Crippen LogP contribution in [0.25, 0.3) is 0 Å². The van der Waals surface area contributed by atoms with Gasteiger partial charge in [0.15, 0.2) is 5.82 Å². The van der Waals surface area contributed by atoms with Gasteiger partial charge in [-0.15, -0.1) is 5.10 Å². The van der Waals surface area contributed by atoms with Crippen molar-refractivity contribution in [1.29, 1.82) is 5.26 Å². The molecule has 0 saturated carbocycles. The standard InChI is InChI=1S/C18H20N4O/c1-12-13(2)20-21-18(16(12)10-19)22-9-8-14(11-22)15-6-4-5-7-17(15)23-3/h4-7,14H,8-9,11H2,1-3H3. The number of nitrogens with zero attached hydrogens (tertiary/aromatic N) is 4. The van der Waals surface area contributed by atoms with Crippen LogP contribution in [0.5, 0.6) is 5.75 Å². The molecule has 0 radical (unpaired) electrons. The predicted molar refractivity (Wildman–Crippen MR) is 88.8 cm³/mol. The zero-order chi connectivity index (χ0) is 16.4. The molecule has 5 heteroatoms. The maximum absolute atomic E-state index is 9.48. The molecule has 0 spiro atoms. The van der Waals surface area contributed by atoms with E-state index in [0.29, 0.717) is 17.3 Å². The first kappa shape index (κ1) is 15.3. The number of para-hydroxylation sites is 1. The third kappa shape index (κ3) is 2.72. The summed E-state index contributed by atoms with van der Waals surface area (Å²) < 4.78 is 5.48. The molecule has 2 aromatic rings. The van der Waals surface area contributed by atoms with Gasteiger partial charge in [-0.05, 0) is 37.5 Å². The summed E-state index contributed by atoms with van der Waals surface area (Å²) >= 11 is 0. The molecule has 0 bridgehead atoms. The highest BCUT2D eigenvalue weighted by atomic mass is 16.5. The third-order valence-corrected chi connectivity index (χ3v) is 4.61. The fourth-order valence-electron chi connectivity index (χ4n) is 3.16. The number of benzene rings is 1. The molecule has 0 aliphatic carbocycles. The highest BCUT2D eigenvalue weighted by Crippen LogP contribution is 2.36. The molecule has 3 rings (SSSR count). The Labute approximate surface area is 136 Å². The lowest BCUT2D eigenvalue weighted by atomic mass is 9.97. The molecule has 1 saturated heterocycles. The molecule has 1 fully saturated rings. The Bertz CT molecular complexity index is 766. The van der Waals surface area contributed by atoms with Crippen molar-refractivity contribution in [3.8, 4) is 11.8 Å². The van der Waals surface area contributed by atoms with Crippen molar-refractivity contribution in [3.05, 3.63) is 46.6 Å². The van der Waals surface area contributed by atoms with E-state index in [2.05, 4.69) is 27.2 Å². The molecule has 23 heavy (non-hydrogen) atoms. The highest BCUT2D eigenvalue weighted by molar-refractivity contribution is 5.58. The van der Waals surface area contributed by atoms with Gasteiger partial charge < -0.3 is 9.64 Å². The monoisotopic (exact) mass is 308 g/mol. The number of anilines is 1. The molecule has 1 aliphatic rings. The van der Waals surface area contributed by atoms with Gasteiger partial charge in [-0.25, -0.2) is 0 Å². The van der Waals surface area contributed by atoms with Crippen LogP contribution in [0.15, 0.2) is 24.3 Å². The SMILES string of the molecule is COc1ccccc1C1CCN(c2nnc(C)c(C)c2C#N)C1. The molecular weight excluding hydrogens is 288 g/mol. The zero-order valence-electron chi connectivity index (χ0n) is 13.7. The van der Waals surface area contributed by atoms with Crippen LogP contribution in [0.3, 0.4) is 0 Å². The van der Waals surface area contributed by atoms with Crippen LogP contribution in [0.1, 0.15) is 34.7 Å². The van der Waals surface area contributed by atoms with E-state index in [4.69, 9.17) is 4.74 Å². The van der Waals surface area contributed by atoms with Crippen molar-refractivity contribution in [2.45, 2.75) is 26.2 Å². The molecule has 1 aliphatic heterocycles. The summed E-state index contributed by atoms with van der Waals surface area (Å²) in [5.74, 6) is 2.00. The van der Waals surface area contributed by atoms with E-state index in [1.807, 2.05) is 32.0 Å². The van der Waals surface area contributed by atoms with E-state index in [9.17, 15) is 5.26 Å². The Morgan fingerprint density at radius 3 is 2.78 bits per heavy atom. The molecular formula is C18H20N4O. The van der Waals surface area contributed by atoms with E-state index >= 15 is 0 Å². The third-order valence-electron chi connectivity index (χ3n) is 4.61. The Morgan fingerprint density at radius 2 is 2.04 bits per heavy atom. The van der Waals surface area contributed by atoms with E-state index in [-0.39, 0.29) is 0 Å². The number of hydrogen-bond acceptors (Lipinski definition) is 5. The number of aromatic nitrogens is 2. The number of ether oxygens (including phenoxy) is 1. The molecule has 1 aromatic carbocycles. The molecule has 1 aromatic heterocycles. The summed E-state index contributed by atoms with van der Waals surface area (Å²) in [7, 11) is 1.70. The summed E-state index contributed by atoms with van der Waals surface area (Å²) in [4.78, 5) is 2.16. The lowest BCUT2D eigenvalue weighted by molar-refractivity contribution is 0.406. The van der Waals surface area contributed by atoms with Gasteiger partial charge in [0.1, 0.15) is 17.4 Å². The smallest absolute Gasteiger partial charge is 0.169 e. The normalized spacial score (nSPS) is 17.1.